The fourth-order valence-electron chi connectivity index (χ4n) is 2.54. The van der Waals surface area contributed by atoms with Gasteiger partial charge in [-0.2, -0.15) is 5.10 Å². The number of rotatable bonds is 5. The minimum atomic E-state index is -0.613. The number of amides is 2. The lowest BCUT2D eigenvalue weighted by molar-refractivity contribution is -0.120. The van der Waals surface area contributed by atoms with Gasteiger partial charge in [0, 0.05) is 17.8 Å². The molecule has 2 amide bonds. The van der Waals surface area contributed by atoms with E-state index in [1.807, 2.05) is 0 Å². The molecule has 1 saturated carbocycles. The highest BCUT2D eigenvalue weighted by atomic mass is 16.3. The van der Waals surface area contributed by atoms with Crippen molar-refractivity contribution in [1.82, 2.24) is 10.7 Å². The molecular formula is C16H21N3O4. The Kier molecular flexibility index (Phi) is 5.56. The fraction of sp³-hybridized carbons (Fsp3) is 0.438. The van der Waals surface area contributed by atoms with E-state index in [2.05, 4.69) is 15.8 Å². The van der Waals surface area contributed by atoms with Crippen LogP contribution in [-0.2, 0) is 4.79 Å². The van der Waals surface area contributed by atoms with Crippen LogP contribution in [0.15, 0.2) is 23.3 Å². The lowest BCUT2D eigenvalue weighted by Crippen LogP contribution is -2.33. The molecule has 0 heterocycles. The minimum absolute atomic E-state index is 0.00485. The Hall–Kier alpha value is -2.57. The van der Waals surface area contributed by atoms with Gasteiger partial charge in [0.1, 0.15) is 11.5 Å². The molecule has 7 nitrogen and oxygen atoms in total. The van der Waals surface area contributed by atoms with Crippen LogP contribution in [0, 0.1) is 0 Å². The first kappa shape index (κ1) is 16.8. The summed E-state index contributed by atoms with van der Waals surface area (Å²) in [5.74, 6) is -1.20. The Bertz CT molecular complexity index is 622. The molecule has 2 rings (SSSR count). The number of hydrogen-bond acceptors (Lipinski definition) is 5. The number of carbonyl (C=O) groups excluding carboxylic acids is 2. The van der Waals surface area contributed by atoms with Crippen LogP contribution in [0.5, 0.6) is 11.5 Å². The van der Waals surface area contributed by atoms with Crippen molar-refractivity contribution in [2.75, 3.05) is 0 Å². The Balaban J connectivity index is 1.85. The van der Waals surface area contributed by atoms with Gasteiger partial charge in [-0.05, 0) is 31.9 Å². The average Bonchev–Trinajstić information content (AvgIpc) is 2.97. The van der Waals surface area contributed by atoms with Crippen molar-refractivity contribution < 1.29 is 19.8 Å². The molecular weight excluding hydrogens is 298 g/mol. The molecule has 23 heavy (non-hydrogen) atoms. The van der Waals surface area contributed by atoms with Crippen molar-refractivity contribution in [1.29, 1.82) is 0 Å². The molecule has 0 bridgehead atoms. The SMILES string of the molecule is C/C(CC(=O)NC1CCCC1)=N\NC(=O)c1ccc(O)cc1O. The van der Waals surface area contributed by atoms with Crippen LogP contribution in [-0.4, -0.2) is 33.8 Å². The predicted octanol–water partition coefficient (Wildman–Crippen LogP) is 1.65. The molecule has 1 fully saturated rings. The molecule has 1 aliphatic carbocycles. The maximum Gasteiger partial charge on any atom is 0.275 e. The number of benzene rings is 1. The van der Waals surface area contributed by atoms with Crippen LogP contribution >= 0.6 is 0 Å². The van der Waals surface area contributed by atoms with E-state index < -0.39 is 5.91 Å². The van der Waals surface area contributed by atoms with Crippen molar-refractivity contribution >= 4 is 17.5 Å². The van der Waals surface area contributed by atoms with E-state index in [1.165, 1.54) is 12.1 Å². The summed E-state index contributed by atoms with van der Waals surface area (Å²) in [6, 6.07) is 3.90. The molecule has 0 radical (unpaired) electrons. The molecule has 0 spiro atoms. The average molecular weight is 319 g/mol. The molecule has 7 heteroatoms. The summed E-state index contributed by atoms with van der Waals surface area (Å²) in [6.45, 7) is 1.64. The number of hydrogen-bond donors (Lipinski definition) is 4. The molecule has 1 aromatic carbocycles. The lowest BCUT2D eigenvalue weighted by Gasteiger charge is -2.11. The molecule has 1 aromatic rings. The third kappa shape index (κ3) is 4.98. The molecule has 124 valence electrons. The molecule has 0 aromatic heterocycles. The van der Waals surface area contributed by atoms with Crippen molar-refractivity contribution in [3.8, 4) is 11.5 Å². The van der Waals surface area contributed by atoms with E-state index in [9.17, 15) is 19.8 Å². The van der Waals surface area contributed by atoms with Gasteiger partial charge in [-0.15, -0.1) is 0 Å². The second-order valence-electron chi connectivity index (χ2n) is 5.72. The van der Waals surface area contributed by atoms with E-state index in [0.29, 0.717) is 5.71 Å². The van der Waals surface area contributed by atoms with Crippen molar-refractivity contribution in [2.24, 2.45) is 5.10 Å². The summed E-state index contributed by atoms with van der Waals surface area (Å²) in [4.78, 5) is 23.7. The maximum absolute atomic E-state index is 11.9. The number of phenolic OH excluding ortho intramolecular Hbond substituents is 2. The van der Waals surface area contributed by atoms with Crippen LogP contribution in [0.3, 0.4) is 0 Å². The molecule has 0 atom stereocenters. The summed E-state index contributed by atoms with van der Waals surface area (Å²) in [6.07, 6.45) is 4.42. The second-order valence-corrected chi connectivity index (χ2v) is 5.72. The van der Waals surface area contributed by atoms with Crippen molar-refractivity contribution in [3.05, 3.63) is 23.8 Å². The number of hydrazone groups is 1. The number of carbonyl (C=O) groups is 2. The third-order valence-corrected chi connectivity index (χ3v) is 3.71. The zero-order valence-electron chi connectivity index (χ0n) is 13.0. The minimum Gasteiger partial charge on any atom is -0.508 e. The zero-order chi connectivity index (χ0) is 16.8. The highest BCUT2D eigenvalue weighted by molar-refractivity contribution is 6.01. The maximum atomic E-state index is 11.9. The lowest BCUT2D eigenvalue weighted by atomic mass is 10.2. The van der Waals surface area contributed by atoms with Crippen molar-refractivity contribution in [3.63, 3.8) is 0 Å². The van der Waals surface area contributed by atoms with Gasteiger partial charge < -0.3 is 15.5 Å². The summed E-state index contributed by atoms with van der Waals surface area (Å²) >= 11 is 0. The summed E-state index contributed by atoms with van der Waals surface area (Å²) in [5, 5.41) is 25.6. The second kappa shape index (κ2) is 7.62. The van der Waals surface area contributed by atoms with E-state index in [0.717, 1.165) is 31.7 Å². The number of phenols is 2. The van der Waals surface area contributed by atoms with E-state index in [4.69, 9.17) is 0 Å². The highest BCUT2D eigenvalue weighted by Gasteiger charge is 2.17. The van der Waals surface area contributed by atoms with Gasteiger partial charge >= 0.3 is 0 Å². The van der Waals surface area contributed by atoms with Crippen molar-refractivity contribution in [2.45, 2.75) is 45.1 Å². The predicted molar refractivity (Wildman–Crippen MR) is 85.4 cm³/mol. The number of aromatic hydroxyl groups is 2. The normalized spacial score (nSPS) is 15.4. The Morgan fingerprint density at radius 1 is 1.26 bits per heavy atom. The van der Waals surface area contributed by atoms with E-state index in [-0.39, 0.29) is 35.4 Å². The fourth-order valence-corrected chi connectivity index (χ4v) is 2.54. The third-order valence-electron chi connectivity index (χ3n) is 3.71. The Morgan fingerprint density at radius 2 is 1.96 bits per heavy atom. The van der Waals surface area contributed by atoms with Gasteiger partial charge in [0.2, 0.25) is 5.91 Å². The molecule has 4 N–H and O–H groups in total. The van der Waals surface area contributed by atoms with E-state index >= 15 is 0 Å². The highest BCUT2D eigenvalue weighted by Crippen LogP contribution is 2.22. The van der Waals surface area contributed by atoms with Crippen LogP contribution in [0.2, 0.25) is 0 Å². The Labute approximate surface area is 134 Å². The summed E-state index contributed by atoms with van der Waals surface area (Å²) < 4.78 is 0. The first-order chi connectivity index (χ1) is 11.0. The summed E-state index contributed by atoms with van der Waals surface area (Å²) in [5.41, 5.74) is 2.75. The van der Waals surface area contributed by atoms with Gasteiger partial charge in [0.25, 0.3) is 5.91 Å². The Morgan fingerprint density at radius 3 is 2.61 bits per heavy atom. The largest absolute Gasteiger partial charge is 0.508 e. The van der Waals surface area contributed by atoms with Crippen LogP contribution in [0.1, 0.15) is 49.4 Å². The number of nitrogens with one attached hydrogen (secondary N) is 2. The van der Waals surface area contributed by atoms with Crippen LogP contribution < -0.4 is 10.7 Å². The molecule has 0 aliphatic heterocycles. The standard InChI is InChI=1S/C16H21N3O4/c1-10(8-15(22)17-11-4-2-3-5-11)18-19-16(23)13-7-6-12(20)9-14(13)21/h6-7,9,11,20-21H,2-5,8H2,1H3,(H,17,22)(H,19,23)/b18-10+. The first-order valence-corrected chi connectivity index (χ1v) is 7.60. The topological polar surface area (TPSA) is 111 Å². The zero-order valence-corrected chi connectivity index (χ0v) is 13.0. The quantitative estimate of drug-likeness (QED) is 0.488. The molecule has 0 unspecified atom stereocenters. The van der Waals surface area contributed by atoms with Crippen LogP contribution in [0.25, 0.3) is 0 Å². The van der Waals surface area contributed by atoms with Gasteiger partial charge in [-0.1, -0.05) is 12.8 Å². The van der Waals surface area contributed by atoms with Gasteiger partial charge in [0.15, 0.2) is 0 Å². The number of nitrogens with zero attached hydrogens (tertiary/aromatic N) is 1. The van der Waals surface area contributed by atoms with E-state index in [1.54, 1.807) is 6.92 Å². The van der Waals surface area contributed by atoms with Gasteiger partial charge in [-0.25, -0.2) is 5.43 Å². The van der Waals surface area contributed by atoms with Gasteiger partial charge in [-0.3, -0.25) is 9.59 Å². The van der Waals surface area contributed by atoms with Gasteiger partial charge in [0.05, 0.1) is 12.0 Å². The molecule has 0 saturated heterocycles. The summed E-state index contributed by atoms with van der Waals surface area (Å²) in [7, 11) is 0. The molecule has 1 aliphatic rings. The first-order valence-electron chi connectivity index (χ1n) is 7.60. The monoisotopic (exact) mass is 319 g/mol. The smallest absolute Gasteiger partial charge is 0.275 e. The van der Waals surface area contributed by atoms with Crippen LogP contribution in [0.4, 0.5) is 0 Å².